The van der Waals surface area contributed by atoms with Gasteiger partial charge >= 0.3 is 0 Å². The van der Waals surface area contributed by atoms with Gasteiger partial charge < -0.3 is 15.5 Å². The van der Waals surface area contributed by atoms with E-state index in [2.05, 4.69) is 22.1 Å². The van der Waals surface area contributed by atoms with Crippen LogP contribution in [0, 0.1) is 0 Å². The lowest BCUT2D eigenvalue weighted by atomic mass is 10.0. The summed E-state index contributed by atoms with van der Waals surface area (Å²) < 4.78 is 0. The fourth-order valence-electron chi connectivity index (χ4n) is 2.85. The molecule has 6 heteroatoms. The van der Waals surface area contributed by atoms with Crippen LogP contribution in [-0.4, -0.2) is 73.5 Å². The smallest absolute Gasteiger partial charge is 0.239 e. The number of hydrogen-bond acceptors (Lipinski definition) is 4. The minimum Gasteiger partial charge on any atom is -0.352 e. The van der Waals surface area contributed by atoms with Crippen LogP contribution < -0.4 is 10.6 Å². The van der Waals surface area contributed by atoms with Crippen molar-refractivity contribution in [3.05, 3.63) is 12.7 Å². The zero-order chi connectivity index (χ0) is 15.1. The van der Waals surface area contributed by atoms with Gasteiger partial charge in [0.15, 0.2) is 0 Å². The quantitative estimate of drug-likeness (QED) is 0.676. The maximum Gasteiger partial charge on any atom is 0.239 e. The second-order valence-electron chi connectivity index (χ2n) is 5.70. The van der Waals surface area contributed by atoms with Gasteiger partial charge in [0.1, 0.15) is 0 Å². The van der Waals surface area contributed by atoms with E-state index in [4.69, 9.17) is 0 Å². The van der Waals surface area contributed by atoms with Crippen molar-refractivity contribution in [2.45, 2.75) is 25.3 Å². The van der Waals surface area contributed by atoms with E-state index >= 15 is 0 Å². The molecule has 0 aromatic carbocycles. The molecular weight excluding hydrogens is 268 g/mol. The molecule has 2 heterocycles. The van der Waals surface area contributed by atoms with Crippen molar-refractivity contribution in [3.63, 3.8) is 0 Å². The lowest BCUT2D eigenvalue weighted by molar-refractivity contribution is -0.136. The van der Waals surface area contributed by atoms with E-state index in [1.807, 2.05) is 4.90 Å². The van der Waals surface area contributed by atoms with E-state index in [9.17, 15) is 9.59 Å². The van der Waals surface area contributed by atoms with Crippen LogP contribution in [-0.2, 0) is 9.59 Å². The van der Waals surface area contributed by atoms with Gasteiger partial charge in [-0.15, -0.1) is 6.58 Å². The first-order valence-electron chi connectivity index (χ1n) is 7.83. The van der Waals surface area contributed by atoms with Gasteiger partial charge in [0.25, 0.3) is 0 Å². The van der Waals surface area contributed by atoms with Crippen LogP contribution in [0.5, 0.6) is 0 Å². The van der Waals surface area contributed by atoms with Crippen molar-refractivity contribution in [2.24, 2.45) is 0 Å². The normalized spacial score (nSPS) is 23.6. The van der Waals surface area contributed by atoms with Gasteiger partial charge in [-0.05, 0) is 19.4 Å². The third kappa shape index (κ3) is 4.82. The molecular formula is C15H26N4O2. The average molecular weight is 294 g/mol. The molecule has 0 spiro atoms. The summed E-state index contributed by atoms with van der Waals surface area (Å²) in [6, 6.07) is 0.00110. The molecule has 21 heavy (non-hydrogen) atoms. The summed E-state index contributed by atoms with van der Waals surface area (Å²) in [5.74, 6) is 0.245. The molecule has 0 saturated carbocycles. The van der Waals surface area contributed by atoms with E-state index in [-0.39, 0.29) is 17.9 Å². The Morgan fingerprint density at radius 2 is 2.00 bits per heavy atom. The molecule has 1 atom stereocenters. The summed E-state index contributed by atoms with van der Waals surface area (Å²) in [5, 5.41) is 6.08. The Labute approximate surface area is 126 Å². The first-order valence-corrected chi connectivity index (χ1v) is 7.83. The van der Waals surface area contributed by atoms with E-state index in [0.29, 0.717) is 26.2 Å². The van der Waals surface area contributed by atoms with E-state index in [0.717, 1.165) is 38.9 Å². The summed E-state index contributed by atoms with van der Waals surface area (Å²) >= 11 is 0. The number of carbonyl (C=O) groups is 2. The zero-order valence-corrected chi connectivity index (χ0v) is 12.6. The molecule has 2 aliphatic rings. The van der Waals surface area contributed by atoms with Crippen molar-refractivity contribution in [3.8, 4) is 0 Å². The highest BCUT2D eigenvalue weighted by atomic mass is 16.2. The average Bonchev–Trinajstić information content (AvgIpc) is 2.54. The van der Waals surface area contributed by atoms with Crippen LogP contribution in [0.4, 0.5) is 0 Å². The summed E-state index contributed by atoms with van der Waals surface area (Å²) in [7, 11) is 0. The van der Waals surface area contributed by atoms with Crippen molar-refractivity contribution >= 4 is 11.8 Å². The molecule has 1 unspecified atom stereocenters. The number of carbonyl (C=O) groups excluding carboxylic acids is 2. The SMILES string of the molecule is C=CCNC(=O)CN1CCN(C(=O)C2CCCCN2)CC1. The fourth-order valence-corrected chi connectivity index (χ4v) is 2.85. The van der Waals surface area contributed by atoms with Crippen molar-refractivity contribution in [1.82, 2.24) is 20.4 Å². The molecule has 118 valence electrons. The van der Waals surface area contributed by atoms with Gasteiger partial charge in [0.05, 0.1) is 12.6 Å². The standard InChI is InChI=1S/C15H26N4O2/c1-2-6-17-14(20)12-18-8-10-19(11-9-18)15(21)13-5-3-4-7-16-13/h2,13,16H,1,3-12H2,(H,17,20). The fraction of sp³-hybridized carbons (Fsp3) is 0.733. The minimum absolute atomic E-state index is 0.00110. The predicted octanol–water partition coefficient (Wildman–Crippen LogP) is -0.425. The Morgan fingerprint density at radius 1 is 1.24 bits per heavy atom. The topological polar surface area (TPSA) is 64.7 Å². The number of amides is 2. The summed E-state index contributed by atoms with van der Waals surface area (Å²) in [6.07, 6.45) is 4.92. The highest BCUT2D eigenvalue weighted by molar-refractivity contribution is 5.82. The third-order valence-corrected chi connectivity index (χ3v) is 4.10. The molecule has 2 N–H and O–H groups in total. The molecule has 0 aromatic heterocycles. The maximum absolute atomic E-state index is 12.4. The van der Waals surface area contributed by atoms with E-state index in [1.165, 1.54) is 0 Å². The minimum atomic E-state index is 0.00110. The Bertz CT molecular complexity index is 372. The van der Waals surface area contributed by atoms with Crippen molar-refractivity contribution < 1.29 is 9.59 Å². The first-order chi connectivity index (χ1) is 10.2. The Balaban J connectivity index is 1.71. The van der Waals surface area contributed by atoms with Crippen LogP contribution in [0.15, 0.2) is 12.7 Å². The number of rotatable bonds is 5. The molecule has 0 radical (unpaired) electrons. The highest BCUT2D eigenvalue weighted by Crippen LogP contribution is 2.11. The molecule has 2 aliphatic heterocycles. The molecule has 2 amide bonds. The summed E-state index contributed by atoms with van der Waals surface area (Å²) in [4.78, 5) is 28.0. The van der Waals surface area contributed by atoms with E-state index < -0.39 is 0 Å². The monoisotopic (exact) mass is 294 g/mol. The van der Waals surface area contributed by atoms with Gasteiger partial charge in [-0.3, -0.25) is 14.5 Å². The van der Waals surface area contributed by atoms with Gasteiger partial charge in [-0.2, -0.15) is 0 Å². The van der Waals surface area contributed by atoms with Crippen LogP contribution in [0.25, 0.3) is 0 Å². The van der Waals surface area contributed by atoms with Gasteiger partial charge in [0, 0.05) is 32.7 Å². The zero-order valence-electron chi connectivity index (χ0n) is 12.6. The Morgan fingerprint density at radius 3 is 2.62 bits per heavy atom. The lowest BCUT2D eigenvalue weighted by Crippen LogP contribution is -2.56. The molecule has 0 bridgehead atoms. The second kappa shape index (κ2) is 8.14. The molecule has 6 nitrogen and oxygen atoms in total. The number of piperidine rings is 1. The first kappa shape index (κ1) is 16.0. The summed E-state index contributed by atoms with van der Waals surface area (Å²) in [6.45, 7) is 8.38. The number of hydrogen-bond donors (Lipinski definition) is 2. The Hall–Kier alpha value is -1.40. The number of nitrogens with zero attached hydrogens (tertiary/aromatic N) is 2. The Kier molecular flexibility index (Phi) is 6.20. The van der Waals surface area contributed by atoms with Gasteiger partial charge in [0.2, 0.25) is 11.8 Å². The lowest BCUT2D eigenvalue weighted by Gasteiger charge is -2.37. The molecule has 0 aliphatic carbocycles. The van der Waals surface area contributed by atoms with Crippen LogP contribution >= 0.6 is 0 Å². The second-order valence-corrected chi connectivity index (χ2v) is 5.70. The largest absolute Gasteiger partial charge is 0.352 e. The predicted molar refractivity (Wildman–Crippen MR) is 81.9 cm³/mol. The van der Waals surface area contributed by atoms with Crippen molar-refractivity contribution in [2.75, 3.05) is 45.8 Å². The third-order valence-electron chi connectivity index (χ3n) is 4.10. The number of nitrogens with one attached hydrogen (secondary N) is 2. The van der Waals surface area contributed by atoms with E-state index in [1.54, 1.807) is 6.08 Å². The highest BCUT2D eigenvalue weighted by Gasteiger charge is 2.28. The molecule has 2 rings (SSSR count). The molecule has 2 saturated heterocycles. The molecule has 0 aromatic rings. The van der Waals surface area contributed by atoms with Crippen molar-refractivity contribution in [1.29, 1.82) is 0 Å². The van der Waals surface area contributed by atoms with Crippen LogP contribution in [0.2, 0.25) is 0 Å². The molecule has 2 fully saturated rings. The van der Waals surface area contributed by atoms with Crippen LogP contribution in [0.1, 0.15) is 19.3 Å². The summed E-state index contributed by atoms with van der Waals surface area (Å²) in [5.41, 5.74) is 0. The number of piperazine rings is 1. The van der Waals surface area contributed by atoms with Gasteiger partial charge in [-0.25, -0.2) is 0 Å². The maximum atomic E-state index is 12.4. The van der Waals surface area contributed by atoms with Gasteiger partial charge in [-0.1, -0.05) is 12.5 Å². The van der Waals surface area contributed by atoms with Crippen LogP contribution in [0.3, 0.4) is 0 Å².